The first-order valence-corrected chi connectivity index (χ1v) is 7.26. The van der Waals surface area contributed by atoms with Crippen molar-refractivity contribution >= 4 is 0 Å². The van der Waals surface area contributed by atoms with Gasteiger partial charge in [0, 0.05) is 11.6 Å². The maximum absolute atomic E-state index is 5.68. The van der Waals surface area contributed by atoms with Crippen LogP contribution >= 0.6 is 0 Å². The van der Waals surface area contributed by atoms with Gasteiger partial charge in [0.1, 0.15) is 5.75 Å². The largest absolute Gasteiger partial charge is 0.494 e. The van der Waals surface area contributed by atoms with Crippen molar-refractivity contribution in [2.45, 2.75) is 45.6 Å². The third-order valence-corrected chi connectivity index (χ3v) is 3.91. The van der Waals surface area contributed by atoms with Crippen LogP contribution in [0, 0.1) is 5.92 Å². The Kier molecular flexibility index (Phi) is 5.06. The zero-order chi connectivity index (χ0) is 12.8. The van der Waals surface area contributed by atoms with Crippen molar-refractivity contribution in [3.05, 3.63) is 29.8 Å². The molecule has 0 amide bonds. The number of ether oxygens (including phenoxy) is 1. The summed E-state index contributed by atoms with van der Waals surface area (Å²) in [4.78, 5) is 0. The lowest BCUT2D eigenvalue weighted by Gasteiger charge is -2.26. The maximum Gasteiger partial charge on any atom is 0.124 e. The van der Waals surface area contributed by atoms with E-state index in [0.29, 0.717) is 6.04 Å². The Morgan fingerprint density at radius 2 is 2.11 bits per heavy atom. The van der Waals surface area contributed by atoms with Crippen LogP contribution in [0.15, 0.2) is 24.3 Å². The van der Waals surface area contributed by atoms with Gasteiger partial charge in [-0.2, -0.15) is 0 Å². The van der Waals surface area contributed by atoms with Crippen molar-refractivity contribution < 1.29 is 4.74 Å². The van der Waals surface area contributed by atoms with E-state index in [2.05, 4.69) is 30.4 Å². The fraction of sp³-hybridized carbons (Fsp3) is 0.625. The first-order chi connectivity index (χ1) is 8.81. The monoisotopic (exact) mass is 247 g/mol. The minimum Gasteiger partial charge on any atom is -0.494 e. The molecule has 0 aliphatic heterocycles. The zero-order valence-corrected chi connectivity index (χ0v) is 11.6. The summed E-state index contributed by atoms with van der Waals surface area (Å²) in [7, 11) is 0. The highest BCUT2D eigenvalue weighted by Crippen LogP contribution is 2.29. The molecule has 2 heteroatoms. The molecule has 1 saturated carbocycles. The van der Waals surface area contributed by atoms with Crippen molar-refractivity contribution in [2.75, 3.05) is 13.2 Å². The van der Waals surface area contributed by atoms with Gasteiger partial charge in [-0.15, -0.1) is 0 Å². The first-order valence-electron chi connectivity index (χ1n) is 7.26. The standard InChI is InChI=1S/C16H25NO/c1-3-18-16-10-5-4-9-15(16)13(2)17-12-11-14-7-6-8-14/h4-5,9-10,13-14,17H,3,6-8,11-12H2,1-2H3. The predicted molar refractivity (Wildman–Crippen MR) is 76.0 cm³/mol. The van der Waals surface area contributed by atoms with Gasteiger partial charge in [0.25, 0.3) is 0 Å². The zero-order valence-electron chi connectivity index (χ0n) is 11.6. The van der Waals surface area contributed by atoms with Gasteiger partial charge in [-0.1, -0.05) is 37.5 Å². The molecule has 0 bridgehead atoms. The average molecular weight is 247 g/mol. The van der Waals surface area contributed by atoms with Crippen LogP contribution < -0.4 is 10.1 Å². The van der Waals surface area contributed by atoms with E-state index in [4.69, 9.17) is 4.74 Å². The molecule has 0 heterocycles. The van der Waals surface area contributed by atoms with E-state index >= 15 is 0 Å². The molecule has 18 heavy (non-hydrogen) atoms. The lowest BCUT2D eigenvalue weighted by molar-refractivity contribution is 0.287. The topological polar surface area (TPSA) is 21.3 Å². The van der Waals surface area contributed by atoms with Crippen LogP contribution in [0.1, 0.15) is 51.1 Å². The second kappa shape index (κ2) is 6.79. The fourth-order valence-corrected chi connectivity index (χ4v) is 2.52. The molecule has 1 aromatic rings. The number of hydrogen-bond acceptors (Lipinski definition) is 2. The van der Waals surface area contributed by atoms with Crippen molar-refractivity contribution in [3.63, 3.8) is 0 Å². The Morgan fingerprint density at radius 3 is 2.78 bits per heavy atom. The summed E-state index contributed by atoms with van der Waals surface area (Å²) in [5, 5.41) is 3.62. The van der Waals surface area contributed by atoms with Crippen LogP contribution in [0.3, 0.4) is 0 Å². The summed E-state index contributed by atoms with van der Waals surface area (Å²) in [6, 6.07) is 8.71. The highest BCUT2D eigenvalue weighted by atomic mass is 16.5. The van der Waals surface area contributed by atoms with Gasteiger partial charge in [0.15, 0.2) is 0 Å². The van der Waals surface area contributed by atoms with Crippen LogP contribution in [0.5, 0.6) is 5.75 Å². The van der Waals surface area contributed by atoms with Gasteiger partial charge in [-0.25, -0.2) is 0 Å². The first kappa shape index (κ1) is 13.4. The molecule has 1 unspecified atom stereocenters. The molecule has 0 spiro atoms. The average Bonchev–Trinajstić information content (AvgIpc) is 2.33. The second-order valence-corrected chi connectivity index (χ2v) is 5.23. The van der Waals surface area contributed by atoms with Gasteiger partial charge >= 0.3 is 0 Å². The van der Waals surface area contributed by atoms with Crippen LogP contribution in [-0.4, -0.2) is 13.2 Å². The number of rotatable bonds is 7. The van der Waals surface area contributed by atoms with Gasteiger partial charge in [0.2, 0.25) is 0 Å². The van der Waals surface area contributed by atoms with Crippen LogP contribution in [0.2, 0.25) is 0 Å². The van der Waals surface area contributed by atoms with E-state index in [9.17, 15) is 0 Å². The molecular weight excluding hydrogens is 222 g/mol. The molecule has 0 saturated heterocycles. The summed E-state index contributed by atoms with van der Waals surface area (Å²) in [6.45, 7) is 6.10. The molecular formula is C16H25NO. The number of benzene rings is 1. The van der Waals surface area contributed by atoms with Crippen molar-refractivity contribution in [2.24, 2.45) is 5.92 Å². The van der Waals surface area contributed by atoms with Crippen molar-refractivity contribution in [3.8, 4) is 5.75 Å². The summed E-state index contributed by atoms with van der Waals surface area (Å²) in [6.07, 6.45) is 5.63. The van der Waals surface area contributed by atoms with E-state index in [1.54, 1.807) is 0 Å². The number of nitrogens with one attached hydrogen (secondary N) is 1. The molecule has 0 radical (unpaired) electrons. The molecule has 1 N–H and O–H groups in total. The van der Waals surface area contributed by atoms with Gasteiger partial charge in [-0.3, -0.25) is 0 Å². The van der Waals surface area contributed by atoms with E-state index in [1.165, 1.54) is 31.2 Å². The predicted octanol–water partition coefficient (Wildman–Crippen LogP) is 3.93. The Hall–Kier alpha value is -1.02. The SMILES string of the molecule is CCOc1ccccc1C(C)NCCC1CCC1. The Balaban J connectivity index is 1.84. The molecule has 1 atom stereocenters. The summed E-state index contributed by atoms with van der Waals surface area (Å²) < 4.78 is 5.68. The minimum absolute atomic E-state index is 0.368. The van der Waals surface area contributed by atoms with Crippen LogP contribution in [0.25, 0.3) is 0 Å². The van der Waals surface area contributed by atoms with E-state index in [0.717, 1.165) is 24.8 Å². The lowest BCUT2D eigenvalue weighted by atomic mass is 9.83. The van der Waals surface area contributed by atoms with Crippen LogP contribution in [-0.2, 0) is 0 Å². The third kappa shape index (κ3) is 3.49. The van der Waals surface area contributed by atoms with Crippen molar-refractivity contribution in [1.82, 2.24) is 5.32 Å². The quantitative estimate of drug-likeness (QED) is 0.788. The van der Waals surface area contributed by atoms with Gasteiger partial charge in [-0.05, 0) is 38.8 Å². The number of para-hydroxylation sites is 1. The Morgan fingerprint density at radius 1 is 1.33 bits per heavy atom. The molecule has 1 aromatic carbocycles. The molecule has 2 rings (SSSR count). The molecule has 2 nitrogen and oxygen atoms in total. The molecule has 1 aliphatic carbocycles. The normalized spacial score (nSPS) is 17.2. The van der Waals surface area contributed by atoms with Crippen LogP contribution in [0.4, 0.5) is 0 Å². The summed E-state index contributed by atoms with van der Waals surface area (Å²) in [5.74, 6) is 2.00. The third-order valence-electron chi connectivity index (χ3n) is 3.91. The van der Waals surface area contributed by atoms with Gasteiger partial charge < -0.3 is 10.1 Å². The minimum atomic E-state index is 0.368. The maximum atomic E-state index is 5.68. The lowest BCUT2D eigenvalue weighted by Crippen LogP contribution is -2.24. The summed E-state index contributed by atoms with van der Waals surface area (Å²) >= 11 is 0. The summed E-state index contributed by atoms with van der Waals surface area (Å²) in [5.41, 5.74) is 1.27. The Bertz CT molecular complexity index is 360. The van der Waals surface area contributed by atoms with E-state index in [1.807, 2.05) is 13.0 Å². The highest BCUT2D eigenvalue weighted by Gasteiger charge is 2.17. The van der Waals surface area contributed by atoms with E-state index in [-0.39, 0.29) is 0 Å². The smallest absolute Gasteiger partial charge is 0.124 e. The van der Waals surface area contributed by atoms with Gasteiger partial charge in [0.05, 0.1) is 6.61 Å². The fourth-order valence-electron chi connectivity index (χ4n) is 2.52. The van der Waals surface area contributed by atoms with E-state index < -0.39 is 0 Å². The molecule has 1 fully saturated rings. The van der Waals surface area contributed by atoms with Crippen molar-refractivity contribution in [1.29, 1.82) is 0 Å². The highest BCUT2D eigenvalue weighted by molar-refractivity contribution is 5.35. The Labute approximate surface area is 111 Å². The number of hydrogen-bond donors (Lipinski definition) is 1. The molecule has 0 aromatic heterocycles. The second-order valence-electron chi connectivity index (χ2n) is 5.23. The molecule has 100 valence electrons. The molecule has 1 aliphatic rings.